The number of carbonyl (C=O) groups excluding carboxylic acids is 1. The molecule has 0 aromatic heterocycles. The molecule has 1 aliphatic rings. The number of nitrogens with one attached hydrogen (secondary N) is 1. The van der Waals surface area contributed by atoms with Crippen LogP contribution in [0.1, 0.15) is 45.4 Å². The summed E-state index contributed by atoms with van der Waals surface area (Å²) in [6.07, 6.45) is 6.11. The smallest absolute Gasteiger partial charge is 0.220 e. The van der Waals surface area contributed by atoms with Gasteiger partial charge in [0.05, 0.1) is 11.0 Å². The average molecular weight is 228 g/mol. The Hall–Kier alpha value is -0.640. The first-order valence-electron chi connectivity index (χ1n) is 5.72. The summed E-state index contributed by atoms with van der Waals surface area (Å²) >= 11 is 4.92. The van der Waals surface area contributed by atoms with Gasteiger partial charge in [-0.1, -0.05) is 32.0 Å². The summed E-state index contributed by atoms with van der Waals surface area (Å²) in [5.41, 5.74) is 5.57. The van der Waals surface area contributed by atoms with Crippen molar-refractivity contribution in [2.24, 2.45) is 11.7 Å². The third-order valence-electron chi connectivity index (χ3n) is 2.95. The topological polar surface area (TPSA) is 55.1 Å². The highest BCUT2D eigenvalue weighted by molar-refractivity contribution is 7.80. The summed E-state index contributed by atoms with van der Waals surface area (Å²) in [6.45, 7) is 2.06. The fraction of sp³-hybridized carbons (Fsp3) is 0.818. The van der Waals surface area contributed by atoms with Gasteiger partial charge in [-0.3, -0.25) is 4.79 Å². The molecule has 0 aromatic carbocycles. The van der Waals surface area contributed by atoms with E-state index in [0.29, 0.717) is 17.3 Å². The van der Waals surface area contributed by atoms with Gasteiger partial charge in [0, 0.05) is 6.42 Å². The van der Waals surface area contributed by atoms with Gasteiger partial charge in [0.2, 0.25) is 5.91 Å². The van der Waals surface area contributed by atoms with Crippen LogP contribution in [0.15, 0.2) is 0 Å². The molecule has 86 valence electrons. The fourth-order valence-electron chi connectivity index (χ4n) is 1.79. The monoisotopic (exact) mass is 228 g/mol. The minimum Gasteiger partial charge on any atom is -0.392 e. The molecule has 0 aromatic rings. The second-order valence-corrected chi connectivity index (χ2v) is 4.78. The van der Waals surface area contributed by atoms with Gasteiger partial charge >= 0.3 is 0 Å². The standard InChI is InChI=1S/C11H20N2OS/c1-2-4-9(11(12)15)13-10(14)7-8-5-3-6-8/h8-9H,2-7H2,1H3,(H2,12,15)(H,13,14). The van der Waals surface area contributed by atoms with Gasteiger partial charge in [0.1, 0.15) is 0 Å². The maximum atomic E-state index is 11.6. The van der Waals surface area contributed by atoms with Crippen LogP contribution in [0.4, 0.5) is 0 Å². The van der Waals surface area contributed by atoms with Gasteiger partial charge in [0.25, 0.3) is 0 Å². The molecule has 0 aliphatic heterocycles. The van der Waals surface area contributed by atoms with Crippen LogP contribution in [0.25, 0.3) is 0 Å². The van der Waals surface area contributed by atoms with Crippen molar-refractivity contribution in [3.05, 3.63) is 0 Å². The molecule has 1 aliphatic carbocycles. The zero-order chi connectivity index (χ0) is 11.3. The molecule has 1 amide bonds. The molecule has 3 N–H and O–H groups in total. The lowest BCUT2D eigenvalue weighted by Gasteiger charge is -2.25. The predicted molar refractivity (Wildman–Crippen MR) is 65.6 cm³/mol. The highest BCUT2D eigenvalue weighted by Crippen LogP contribution is 2.29. The van der Waals surface area contributed by atoms with Crippen molar-refractivity contribution in [2.75, 3.05) is 0 Å². The molecule has 15 heavy (non-hydrogen) atoms. The Kier molecular flexibility index (Phi) is 5.02. The Labute approximate surface area is 96.8 Å². The lowest BCUT2D eigenvalue weighted by molar-refractivity contribution is -0.122. The molecule has 0 heterocycles. The van der Waals surface area contributed by atoms with Crippen LogP contribution in [0, 0.1) is 5.92 Å². The van der Waals surface area contributed by atoms with E-state index in [1.54, 1.807) is 0 Å². The lowest BCUT2D eigenvalue weighted by atomic mass is 9.83. The summed E-state index contributed by atoms with van der Waals surface area (Å²) < 4.78 is 0. The van der Waals surface area contributed by atoms with Gasteiger partial charge in [-0.25, -0.2) is 0 Å². The van der Waals surface area contributed by atoms with Crippen molar-refractivity contribution in [1.29, 1.82) is 0 Å². The van der Waals surface area contributed by atoms with E-state index in [4.69, 9.17) is 18.0 Å². The van der Waals surface area contributed by atoms with Crippen LogP contribution in [-0.2, 0) is 4.79 Å². The number of thiocarbonyl (C=S) groups is 1. The molecule has 3 nitrogen and oxygen atoms in total. The first-order chi connectivity index (χ1) is 7.13. The molecule has 1 rings (SSSR count). The summed E-state index contributed by atoms with van der Waals surface area (Å²) in [4.78, 5) is 12.0. The number of nitrogens with two attached hydrogens (primary N) is 1. The van der Waals surface area contributed by atoms with Gasteiger partial charge in [-0.05, 0) is 25.2 Å². The second-order valence-electron chi connectivity index (χ2n) is 4.31. The lowest BCUT2D eigenvalue weighted by Crippen LogP contribution is -2.44. The first kappa shape index (κ1) is 12.4. The van der Waals surface area contributed by atoms with Crippen LogP contribution >= 0.6 is 12.2 Å². The van der Waals surface area contributed by atoms with Crippen molar-refractivity contribution >= 4 is 23.1 Å². The molecular weight excluding hydrogens is 208 g/mol. The van der Waals surface area contributed by atoms with Crippen LogP contribution in [0.3, 0.4) is 0 Å². The third-order valence-corrected chi connectivity index (χ3v) is 3.24. The van der Waals surface area contributed by atoms with Gasteiger partial charge in [0.15, 0.2) is 0 Å². The minimum absolute atomic E-state index is 0.103. The number of hydrogen-bond acceptors (Lipinski definition) is 2. The molecule has 0 radical (unpaired) electrons. The summed E-state index contributed by atoms with van der Waals surface area (Å²) in [6, 6.07) is -0.113. The zero-order valence-corrected chi connectivity index (χ0v) is 10.1. The number of hydrogen-bond donors (Lipinski definition) is 2. The van der Waals surface area contributed by atoms with E-state index in [9.17, 15) is 4.79 Å². The summed E-state index contributed by atoms with van der Waals surface area (Å²) in [5, 5.41) is 2.91. The van der Waals surface area contributed by atoms with E-state index >= 15 is 0 Å². The first-order valence-corrected chi connectivity index (χ1v) is 6.13. The number of carbonyl (C=O) groups is 1. The molecule has 1 fully saturated rings. The average Bonchev–Trinajstić information content (AvgIpc) is 2.10. The number of rotatable bonds is 6. The maximum Gasteiger partial charge on any atom is 0.220 e. The number of amides is 1. The fourth-order valence-corrected chi connectivity index (χ4v) is 1.96. The molecule has 1 atom stereocenters. The van der Waals surface area contributed by atoms with Gasteiger partial charge < -0.3 is 11.1 Å². The van der Waals surface area contributed by atoms with Crippen LogP contribution in [0.2, 0.25) is 0 Å². The Morgan fingerprint density at radius 3 is 2.67 bits per heavy atom. The quantitative estimate of drug-likeness (QED) is 0.681. The Morgan fingerprint density at radius 2 is 2.27 bits per heavy atom. The summed E-state index contributed by atoms with van der Waals surface area (Å²) in [5.74, 6) is 0.699. The van der Waals surface area contributed by atoms with Gasteiger partial charge in [-0.2, -0.15) is 0 Å². The van der Waals surface area contributed by atoms with Crippen molar-refractivity contribution in [3.8, 4) is 0 Å². The molecule has 1 unspecified atom stereocenters. The summed E-state index contributed by atoms with van der Waals surface area (Å²) in [7, 11) is 0. The van der Waals surface area contributed by atoms with Crippen LogP contribution in [-0.4, -0.2) is 16.9 Å². The maximum absolute atomic E-state index is 11.6. The molecule has 1 saturated carbocycles. The highest BCUT2D eigenvalue weighted by Gasteiger charge is 2.22. The SMILES string of the molecule is CCCC(NC(=O)CC1CCC1)C(N)=S. The second kappa shape index (κ2) is 6.05. The zero-order valence-electron chi connectivity index (χ0n) is 9.29. The van der Waals surface area contributed by atoms with E-state index in [0.717, 1.165) is 12.8 Å². The largest absolute Gasteiger partial charge is 0.392 e. The Morgan fingerprint density at radius 1 is 1.60 bits per heavy atom. The predicted octanol–water partition coefficient (Wildman–Crippen LogP) is 1.75. The van der Waals surface area contributed by atoms with Crippen molar-refractivity contribution < 1.29 is 4.79 Å². The van der Waals surface area contributed by atoms with Crippen LogP contribution < -0.4 is 11.1 Å². The van der Waals surface area contributed by atoms with Gasteiger partial charge in [-0.15, -0.1) is 0 Å². The van der Waals surface area contributed by atoms with E-state index < -0.39 is 0 Å². The Balaban J connectivity index is 2.28. The molecule has 0 bridgehead atoms. The van der Waals surface area contributed by atoms with E-state index in [2.05, 4.69) is 12.2 Å². The van der Waals surface area contributed by atoms with E-state index in [1.165, 1.54) is 19.3 Å². The minimum atomic E-state index is -0.113. The molecule has 0 spiro atoms. The van der Waals surface area contributed by atoms with E-state index in [1.807, 2.05) is 0 Å². The van der Waals surface area contributed by atoms with Crippen molar-refractivity contribution in [1.82, 2.24) is 5.32 Å². The third kappa shape index (κ3) is 4.16. The van der Waals surface area contributed by atoms with Crippen molar-refractivity contribution in [2.45, 2.75) is 51.5 Å². The van der Waals surface area contributed by atoms with Crippen molar-refractivity contribution in [3.63, 3.8) is 0 Å². The molecule has 0 saturated heterocycles. The molecule has 4 heteroatoms. The van der Waals surface area contributed by atoms with E-state index in [-0.39, 0.29) is 11.9 Å². The van der Waals surface area contributed by atoms with Crippen LogP contribution in [0.5, 0.6) is 0 Å². The molecular formula is C11H20N2OS. The Bertz CT molecular complexity index is 239. The highest BCUT2D eigenvalue weighted by atomic mass is 32.1. The normalized spacial score (nSPS) is 17.9.